The molecule has 1 amide bonds. The quantitative estimate of drug-likeness (QED) is 0.583. The Balaban J connectivity index is 1.56. The van der Waals surface area contributed by atoms with E-state index in [1.807, 2.05) is 55.5 Å². The number of aromatic nitrogens is 2. The second kappa shape index (κ2) is 8.78. The van der Waals surface area contributed by atoms with Crippen LogP contribution in [0.3, 0.4) is 0 Å². The van der Waals surface area contributed by atoms with Gasteiger partial charge >= 0.3 is 0 Å². The topological polar surface area (TPSA) is 56.2 Å². The number of aryl methyl sites for hydroxylation is 1. The van der Waals surface area contributed by atoms with E-state index >= 15 is 0 Å². The second-order valence-corrected chi connectivity index (χ2v) is 6.81. The van der Waals surface area contributed by atoms with Crippen LogP contribution >= 0.6 is 15.9 Å². The van der Waals surface area contributed by atoms with Crippen LogP contribution in [0.15, 0.2) is 65.3 Å². The maximum Gasteiger partial charge on any atom is 0.273 e. The minimum absolute atomic E-state index is 0.184. The van der Waals surface area contributed by atoms with Crippen LogP contribution < -0.4 is 5.32 Å². The second-order valence-electron chi connectivity index (χ2n) is 5.89. The van der Waals surface area contributed by atoms with Crippen molar-refractivity contribution in [1.29, 1.82) is 0 Å². The summed E-state index contributed by atoms with van der Waals surface area (Å²) in [7, 11) is 0. The zero-order chi connectivity index (χ0) is 18.4. The van der Waals surface area contributed by atoms with Crippen molar-refractivity contribution < 1.29 is 9.53 Å². The third-order valence-corrected chi connectivity index (χ3v) is 4.44. The summed E-state index contributed by atoms with van der Waals surface area (Å²) in [5.74, 6) is -0.184. The number of benzene rings is 2. The number of carbonyl (C=O) groups is 1. The molecule has 0 atom stereocenters. The first kappa shape index (κ1) is 18.4. The first-order valence-electron chi connectivity index (χ1n) is 8.34. The molecular weight excluding hydrogens is 394 g/mol. The summed E-state index contributed by atoms with van der Waals surface area (Å²) in [6, 6.07) is 17.4. The van der Waals surface area contributed by atoms with E-state index in [9.17, 15) is 4.79 Å². The number of amides is 1. The van der Waals surface area contributed by atoms with Gasteiger partial charge in [-0.05, 0) is 42.3 Å². The van der Waals surface area contributed by atoms with Crippen molar-refractivity contribution in [3.05, 3.63) is 82.1 Å². The summed E-state index contributed by atoms with van der Waals surface area (Å²) in [6.45, 7) is 3.49. The van der Waals surface area contributed by atoms with Gasteiger partial charge in [-0.2, -0.15) is 5.10 Å². The minimum atomic E-state index is -0.184. The molecule has 26 heavy (non-hydrogen) atoms. The molecule has 2 aromatic carbocycles. The molecule has 0 spiro atoms. The highest BCUT2D eigenvalue weighted by Crippen LogP contribution is 2.20. The fourth-order valence-corrected chi connectivity index (χ4v) is 3.05. The van der Waals surface area contributed by atoms with Crippen LogP contribution in [-0.2, 0) is 17.9 Å². The van der Waals surface area contributed by atoms with Crippen LogP contribution in [0.4, 0.5) is 5.69 Å². The molecule has 0 aliphatic heterocycles. The zero-order valence-electron chi connectivity index (χ0n) is 14.5. The first-order chi connectivity index (χ1) is 12.6. The highest BCUT2D eigenvalue weighted by Gasteiger charge is 2.13. The van der Waals surface area contributed by atoms with Gasteiger partial charge in [0.05, 0.1) is 19.8 Å². The van der Waals surface area contributed by atoms with Crippen LogP contribution in [-0.4, -0.2) is 22.3 Å². The molecule has 1 heterocycles. The molecule has 3 aromatic rings. The zero-order valence-corrected chi connectivity index (χ0v) is 16.1. The Hall–Kier alpha value is -2.44. The van der Waals surface area contributed by atoms with Gasteiger partial charge < -0.3 is 10.1 Å². The van der Waals surface area contributed by atoms with Crippen LogP contribution in [0, 0.1) is 6.92 Å². The molecule has 6 heteroatoms. The molecule has 1 aromatic heterocycles. The lowest BCUT2D eigenvalue weighted by atomic mass is 10.2. The lowest BCUT2D eigenvalue weighted by Gasteiger charge is -2.11. The molecule has 3 rings (SSSR count). The van der Waals surface area contributed by atoms with Gasteiger partial charge in [0.25, 0.3) is 5.91 Å². The molecular formula is C20H20BrN3O2. The van der Waals surface area contributed by atoms with E-state index in [-0.39, 0.29) is 5.91 Å². The summed E-state index contributed by atoms with van der Waals surface area (Å²) >= 11 is 3.42. The molecule has 0 aliphatic carbocycles. The molecule has 0 saturated carbocycles. The van der Waals surface area contributed by atoms with Crippen LogP contribution in [0.1, 0.15) is 21.6 Å². The fourth-order valence-electron chi connectivity index (χ4n) is 2.57. The number of carbonyl (C=O) groups excluding carboxylic acids is 1. The van der Waals surface area contributed by atoms with Crippen molar-refractivity contribution in [3.63, 3.8) is 0 Å². The molecule has 0 bridgehead atoms. The standard InChI is InChI=1S/C20H20BrN3O2/c1-15-13-17(21)7-8-18(15)23-20(25)19-9-10-22-24(19)11-12-26-14-16-5-3-2-4-6-16/h2-10,13H,11-12,14H2,1H3,(H,23,25). The molecule has 0 saturated heterocycles. The molecule has 0 fully saturated rings. The summed E-state index contributed by atoms with van der Waals surface area (Å²) < 4.78 is 8.32. The number of ether oxygens (including phenoxy) is 1. The average molecular weight is 414 g/mol. The Bertz CT molecular complexity index is 878. The summed E-state index contributed by atoms with van der Waals surface area (Å²) in [6.07, 6.45) is 1.63. The van der Waals surface area contributed by atoms with Gasteiger partial charge in [-0.15, -0.1) is 0 Å². The van der Waals surface area contributed by atoms with E-state index in [4.69, 9.17) is 4.74 Å². The van der Waals surface area contributed by atoms with Gasteiger partial charge in [0, 0.05) is 16.4 Å². The van der Waals surface area contributed by atoms with Gasteiger partial charge in [0.2, 0.25) is 0 Å². The van der Waals surface area contributed by atoms with Crippen molar-refractivity contribution in [3.8, 4) is 0 Å². The Morgan fingerprint density at radius 3 is 2.77 bits per heavy atom. The van der Waals surface area contributed by atoms with Gasteiger partial charge in [-0.25, -0.2) is 0 Å². The molecule has 0 radical (unpaired) electrons. The SMILES string of the molecule is Cc1cc(Br)ccc1NC(=O)c1ccnn1CCOCc1ccccc1. The van der Waals surface area contributed by atoms with Crippen molar-refractivity contribution in [2.45, 2.75) is 20.1 Å². The summed E-state index contributed by atoms with van der Waals surface area (Å²) in [4.78, 5) is 12.6. The lowest BCUT2D eigenvalue weighted by Crippen LogP contribution is -2.20. The highest BCUT2D eigenvalue weighted by atomic mass is 79.9. The molecule has 0 aliphatic rings. The first-order valence-corrected chi connectivity index (χ1v) is 9.14. The number of hydrogen-bond acceptors (Lipinski definition) is 3. The van der Waals surface area contributed by atoms with Crippen LogP contribution in [0.2, 0.25) is 0 Å². The number of halogens is 1. The molecule has 5 nitrogen and oxygen atoms in total. The van der Waals surface area contributed by atoms with Crippen LogP contribution in [0.5, 0.6) is 0 Å². The smallest absolute Gasteiger partial charge is 0.273 e. The Kier molecular flexibility index (Phi) is 6.20. The normalized spacial score (nSPS) is 10.7. The van der Waals surface area contributed by atoms with E-state index in [0.29, 0.717) is 25.5 Å². The Labute approximate surface area is 161 Å². The molecule has 1 N–H and O–H groups in total. The van der Waals surface area contributed by atoms with Crippen molar-refractivity contribution in [2.24, 2.45) is 0 Å². The van der Waals surface area contributed by atoms with Gasteiger partial charge in [-0.3, -0.25) is 9.48 Å². The number of nitrogens with zero attached hydrogens (tertiary/aromatic N) is 2. The van der Waals surface area contributed by atoms with Gasteiger partial charge in [0.1, 0.15) is 5.69 Å². The van der Waals surface area contributed by atoms with E-state index in [0.717, 1.165) is 21.3 Å². The summed E-state index contributed by atoms with van der Waals surface area (Å²) in [5, 5.41) is 7.16. The maximum atomic E-state index is 12.6. The monoisotopic (exact) mass is 413 g/mol. The Morgan fingerprint density at radius 2 is 2.00 bits per heavy atom. The van der Waals surface area contributed by atoms with Gasteiger partial charge in [0.15, 0.2) is 0 Å². The van der Waals surface area contributed by atoms with Crippen LogP contribution in [0.25, 0.3) is 0 Å². The third kappa shape index (κ3) is 4.80. The number of nitrogens with one attached hydrogen (secondary N) is 1. The van der Waals surface area contributed by atoms with E-state index in [1.54, 1.807) is 16.9 Å². The molecule has 0 unspecified atom stereocenters. The average Bonchev–Trinajstić information content (AvgIpc) is 3.11. The third-order valence-electron chi connectivity index (χ3n) is 3.94. The van der Waals surface area contributed by atoms with Crippen molar-refractivity contribution in [1.82, 2.24) is 9.78 Å². The summed E-state index contributed by atoms with van der Waals surface area (Å²) in [5.41, 5.74) is 3.41. The predicted molar refractivity (Wildman–Crippen MR) is 105 cm³/mol. The van der Waals surface area contributed by atoms with E-state index in [1.165, 1.54) is 0 Å². The Morgan fingerprint density at radius 1 is 1.19 bits per heavy atom. The van der Waals surface area contributed by atoms with Crippen molar-refractivity contribution >= 4 is 27.5 Å². The van der Waals surface area contributed by atoms with E-state index in [2.05, 4.69) is 26.3 Å². The number of rotatable bonds is 7. The predicted octanol–water partition coefficient (Wildman–Crippen LogP) is 4.42. The fraction of sp³-hybridized carbons (Fsp3) is 0.200. The van der Waals surface area contributed by atoms with Crippen molar-refractivity contribution in [2.75, 3.05) is 11.9 Å². The largest absolute Gasteiger partial charge is 0.375 e. The van der Waals surface area contributed by atoms with E-state index < -0.39 is 0 Å². The number of hydrogen-bond donors (Lipinski definition) is 1. The minimum Gasteiger partial charge on any atom is -0.375 e. The maximum absolute atomic E-state index is 12.6. The lowest BCUT2D eigenvalue weighted by molar-refractivity contribution is 0.0987. The molecule has 134 valence electrons. The number of anilines is 1. The van der Waals surface area contributed by atoms with Gasteiger partial charge in [-0.1, -0.05) is 46.3 Å². The highest BCUT2D eigenvalue weighted by molar-refractivity contribution is 9.10.